The lowest BCUT2D eigenvalue weighted by Gasteiger charge is -2.33. The van der Waals surface area contributed by atoms with Gasteiger partial charge in [0, 0.05) is 44.5 Å². The van der Waals surface area contributed by atoms with Gasteiger partial charge in [0.25, 0.3) is 5.91 Å². The molecule has 144 valence electrons. The van der Waals surface area contributed by atoms with E-state index in [-0.39, 0.29) is 5.91 Å². The Balaban J connectivity index is 1.64. The molecular formula is C20H26N4O3. The average molecular weight is 370 g/mol. The van der Waals surface area contributed by atoms with E-state index < -0.39 is 0 Å². The summed E-state index contributed by atoms with van der Waals surface area (Å²) in [7, 11) is 5.31. The van der Waals surface area contributed by atoms with Crippen LogP contribution in [0.2, 0.25) is 0 Å². The lowest BCUT2D eigenvalue weighted by atomic mass is 10.2. The molecule has 1 amide bonds. The fraction of sp³-hybridized carbons (Fsp3) is 0.400. The van der Waals surface area contributed by atoms with Gasteiger partial charge in [-0.05, 0) is 36.9 Å². The second kappa shape index (κ2) is 8.73. The van der Waals surface area contributed by atoms with Gasteiger partial charge in [-0.3, -0.25) is 4.79 Å². The molecule has 2 heterocycles. The molecule has 1 aromatic carbocycles. The van der Waals surface area contributed by atoms with E-state index in [0.717, 1.165) is 37.6 Å². The van der Waals surface area contributed by atoms with Crippen LogP contribution in [0, 0.1) is 0 Å². The van der Waals surface area contributed by atoms with Crippen molar-refractivity contribution in [2.45, 2.75) is 6.54 Å². The molecule has 0 radical (unpaired) electrons. The molecule has 2 aromatic rings. The number of hydrogen-bond acceptors (Lipinski definition) is 6. The highest BCUT2D eigenvalue weighted by Crippen LogP contribution is 2.27. The summed E-state index contributed by atoms with van der Waals surface area (Å²) in [6, 6.07) is 9.20. The Morgan fingerprint density at radius 2 is 1.81 bits per heavy atom. The number of nitrogens with zero attached hydrogens (tertiary/aromatic N) is 3. The molecule has 0 spiro atoms. The first-order valence-electron chi connectivity index (χ1n) is 8.99. The van der Waals surface area contributed by atoms with Crippen molar-refractivity contribution in [1.82, 2.24) is 15.2 Å². The molecule has 1 saturated heterocycles. The summed E-state index contributed by atoms with van der Waals surface area (Å²) in [5.41, 5.74) is 1.55. The number of anilines is 1. The van der Waals surface area contributed by atoms with Crippen LogP contribution in [0.4, 0.5) is 5.82 Å². The number of hydrogen-bond donors (Lipinski definition) is 1. The molecule has 0 aliphatic carbocycles. The predicted octanol–water partition coefficient (Wildman–Crippen LogP) is 1.78. The molecule has 1 aliphatic rings. The van der Waals surface area contributed by atoms with Crippen LogP contribution in [-0.2, 0) is 6.54 Å². The Morgan fingerprint density at radius 1 is 1.07 bits per heavy atom. The number of pyridine rings is 1. The van der Waals surface area contributed by atoms with Gasteiger partial charge >= 0.3 is 0 Å². The Bertz CT molecular complexity index is 789. The molecular weight excluding hydrogens is 344 g/mol. The number of nitrogens with one attached hydrogen (secondary N) is 1. The maximum Gasteiger partial charge on any atom is 0.251 e. The first-order valence-corrected chi connectivity index (χ1v) is 8.99. The SMILES string of the molecule is COc1ccc(CNC(=O)c2ccnc(N3CCN(C)CC3)c2)cc1OC. The van der Waals surface area contributed by atoms with Gasteiger partial charge in [0.05, 0.1) is 14.2 Å². The minimum absolute atomic E-state index is 0.123. The summed E-state index contributed by atoms with van der Waals surface area (Å²) in [4.78, 5) is 21.5. The van der Waals surface area contributed by atoms with Crippen LogP contribution >= 0.6 is 0 Å². The van der Waals surface area contributed by atoms with Crippen molar-refractivity contribution in [3.05, 3.63) is 47.7 Å². The van der Waals surface area contributed by atoms with E-state index >= 15 is 0 Å². The Hall–Kier alpha value is -2.80. The average Bonchev–Trinajstić information content (AvgIpc) is 2.72. The lowest BCUT2D eigenvalue weighted by Crippen LogP contribution is -2.44. The van der Waals surface area contributed by atoms with Crippen LogP contribution in [0.3, 0.4) is 0 Å². The van der Waals surface area contributed by atoms with Gasteiger partial charge in [-0.1, -0.05) is 6.07 Å². The zero-order chi connectivity index (χ0) is 19.2. The minimum Gasteiger partial charge on any atom is -0.493 e. The third-order valence-corrected chi connectivity index (χ3v) is 4.74. The number of benzene rings is 1. The molecule has 0 bridgehead atoms. The Morgan fingerprint density at radius 3 is 2.52 bits per heavy atom. The third-order valence-electron chi connectivity index (χ3n) is 4.74. The molecule has 0 unspecified atom stereocenters. The highest BCUT2D eigenvalue weighted by molar-refractivity contribution is 5.94. The van der Waals surface area contributed by atoms with Crippen molar-refractivity contribution < 1.29 is 14.3 Å². The fourth-order valence-electron chi connectivity index (χ4n) is 3.04. The normalized spacial score (nSPS) is 14.7. The first kappa shape index (κ1) is 19.0. The summed E-state index contributed by atoms with van der Waals surface area (Å²) in [5, 5.41) is 2.95. The predicted molar refractivity (Wildman–Crippen MR) is 105 cm³/mol. The van der Waals surface area contributed by atoms with E-state index in [9.17, 15) is 4.79 Å². The van der Waals surface area contributed by atoms with Crippen molar-refractivity contribution >= 4 is 11.7 Å². The van der Waals surface area contributed by atoms with Crippen molar-refractivity contribution in [3.8, 4) is 11.5 Å². The molecule has 7 heteroatoms. The summed E-state index contributed by atoms with van der Waals surface area (Å²) in [6.45, 7) is 4.24. The number of methoxy groups -OCH3 is 2. The zero-order valence-electron chi connectivity index (χ0n) is 16.1. The Kier molecular flexibility index (Phi) is 6.13. The highest BCUT2D eigenvalue weighted by atomic mass is 16.5. The number of aromatic nitrogens is 1. The monoisotopic (exact) mass is 370 g/mol. The van der Waals surface area contributed by atoms with Gasteiger partial charge in [-0.2, -0.15) is 0 Å². The van der Waals surface area contributed by atoms with Gasteiger partial charge in [-0.25, -0.2) is 4.98 Å². The molecule has 27 heavy (non-hydrogen) atoms. The van der Waals surface area contributed by atoms with Crippen molar-refractivity contribution in [3.63, 3.8) is 0 Å². The van der Waals surface area contributed by atoms with Crippen LogP contribution in [0.5, 0.6) is 11.5 Å². The summed E-state index contributed by atoms with van der Waals surface area (Å²) >= 11 is 0. The van der Waals surface area contributed by atoms with Crippen LogP contribution in [0.15, 0.2) is 36.5 Å². The fourth-order valence-corrected chi connectivity index (χ4v) is 3.04. The van der Waals surface area contributed by atoms with Crippen LogP contribution in [0.1, 0.15) is 15.9 Å². The van der Waals surface area contributed by atoms with Crippen molar-refractivity contribution in [1.29, 1.82) is 0 Å². The molecule has 7 nitrogen and oxygen atoms in total. The molecule has 1 fully saturated rings. The van der Waals surface area contributed by atoms with Gasteiger partial charge < -0.3 is 24.6 Å². The molecule has 3 rings (SSSR count). The van der Waals surface area contributed by atoms with Gasteiger partial charge in [0.2, 0.25) is 0 Å². The zero-order valence-corrected chi connectivity index (χ0v) is 16.1. The van der Waals surface area contributed by atoms with Crippen LogP contribution in [0.25, 0.3) is 0 Å². The van der Waals surface area contributed by atoms with E-state index in [1.807, 2.05) is 24.3 Å². The van der Waals surface area contributed by atoms with Crippen molar-refractivity contribution in [2.24, 2.45) is 0 Å². The number of rotatable bonds is 6. The van der Waals surface area contributed by atoms with Crippen LogP contribution < -0.4 is 19.7 Å². The van der Waals surface area contributed by atoms with Crippen LogP contribution in [-0.4, -0.2) is 63.2 Å². The van der Waals surface area contributed by atoms with E-state index in [4.69, 9.17) is 9.47 Å². The maximum absolute atomic E-state index is 12.6. The van der Waals surface area contributed by atoms with Crippen molar-refractivity contribution in [2.75, 3.05) is 52.3 Å². The summed E-state index contributed by atoms with van der Waals surface area (Å²) in [6.07, 6.45) is 1.69. The number of likely N-dealkylation sites (N-methyl/N-ethyl adjacent to an activating group) is 1. The molecule has 1 N–H and O–H groups in total. The van der Waals surface area contributed by atoms with Gasteiger partial charge in [0.1, 0.15) is 5.82 Å². The van der Waals surface area contributed by atoms with E-state index in [1.165, 1.54) is 0 Å². The highest BCUT2D eigenvalue weighted by Gasteiger charge is 2.16. The molecule has 0 atom stereocenters. The maximum atomic E-state index is 12.6. The molecule has 1 aliphatic heterocycles. The number of ether oxygens (including phenoxy) is 2. The number of piperazine rings is 1. The largest absolute Gasteiger partial charge is 0.493 e. The molecule has 0 saturated carbocycles. The Labute approximate surface area is 159 Å². The van der Waals surface area contributed by atoms with Gasteiger partial charge in [-0.15, -0.1) is 0 Å². The van der Waals surface area contributed by atoms with E-state index in [0.29, 0.717) is 23.6 Å². The minimum atomic E-state index is -0.123. The first-order chi connectivity index (χ1) is 13.1. The summed E-state index contributed by atoms with van der Waals surface area (Å²) < 4.78 is 10.5. The quantitative estimate of drug-likeness (QED) is 0.836. The number of carbonyl (C=O) groups is 1. The van der Waals surface area contributed by atoms with Gasteiger partial charge in [0.15, 0.2) is 11.5 Å². The summed E-state index contributed by atoms with van der Waals surface area (Å²) in [5.74, 6) is 2.04. The lowest BCUT2D eigenvalue weighted by molar-refractivity contribution is 0.0950. The standard InChI is InChI=1S/C20H26N4O3/c1-23-8-10-24(11-9-23)19-13-16(6-7-21-19)20(25)22-14-15-4-5-17(26-2)18(12-15)27-3/h4-7,12-13H,8-11,14H2,1-3H3,(H,22,25). The molecule has 1 aromatic heterocycles. The second-order valence-electron chi connectivity index (χ2n) is 6.57. The van der Waals surface area contributed by atoms with E-state index in [1.54, 1.807) is 26.5 Å². The van der Waals surface area contributed by atoms with E-state index in [2.05, 4.69) is 27.1 Å². The third kappa shape index (κ3) is 4.68. The number of amides is 1. The smallest absolute Gasteiger partial charge is 0.251 e. The second-order valence-corrected chi connectivity index (χ2v) is 6.57. The number of carbonyl (C=O) groups excluding carboxylic acids is 1. The topological polar surface area (TPSA) is 66.9 Å².